The van der Waals surface area contributed by atoms with Crippen molar-refractivity contribution in [1.82, 2.24) is 4.72 Å². The monoisotopic (exact) mass is 342 g/mol. The highest BCUT2D eigenvalue weighted by molar-refractivity contribution is 7.89. The average Bonchev–Trinajstić information content (AvgIpc) is 2.37. The van der Waals surface area contributed by atoms with Gasteiger partial charge in [0, 0.05) is 12.5 Å². The van der Waals surface area contributed by atoms with Crippen LogP contribution in [0, 0.1) is 11.7 Å². The molecule has 0 saturated heterocycles. The van der Waals surface area contributed by atoms with Crippen LogP contribution in [0.4, 0.5) is 17.6 Å². The Hall–Kier alpha value is -1.68. The van der Waals surface area contributed by atoms with Crippen LogP contribution in [0.3, 0.4) is 0 Å². The average molecular weight is 342 g/mol. The Bertz CT molecular complexity index is 613. The number of carbonyl (C=O) groups is 1. The van der Waals surface area contributed by atoms with Gasteiger partial charge in [0.1, 0.15) is 5.82 Å². The largest absolute Gasteiger partial charge is 0.550 e. The summed E-state index contributed by atoms with van der Waals surface area (Å²) < 4.78 is 76.1. The summed E-state index contributed by atoms with van der Waals surface area (Å²) in [5, 5.41) is 10.2. The van der Waals surface area contributed by atoms with Crippen LogP contribution in [0.5, 0.6) is 0 Å². The van der Waals surface area contributed by atoms with Gasteiger partial charge in [0.2, 0.25) is 10.0 Å². The van der Waals surface area contributed by atoms with E-state index in [4.69, 9.17) is 0 Å². The number of carboxylic acids is 1. The summed E-state index contributed by atoms with van der Waals surface area (Å²) in [6.45, 7) is -1.02. The Labute approximate surface area is 124 Å². The fourth-order valence-electron chi connectivity index (χ4n) is 1.58. The Morgan fingerprint density at radius 1 is 1.23 bits per heavy atom. The number of halogens is 4. The fourth-order valence-corrected chi connectivity index (χ4v) is 2.66. The number of aliphatic carboxylic acids is 1. The number of alkyl halides is 3. The number of rotatable bonds is 7. The Balaban J connectivity index is 2.78. The highest BCUT2D eigenvalue weighted by atomic mass is 32.2. The summed E-state index contributed by atoms with van der Waals surface area (Å²) in [7, 11) is -4.25. The summed E-state index contributed by atoms with van der Waals surface area (Å²) in [5.74, 6) is -4.52. The molecule has 1 N–H and O–H groups in total. The predicted molar refractivity (Wildman–Crippen MR) is 65.4 cm³/mol. The first kappa shape index (κ1) is 18.4. The second-order valence-electron chi connectivity index (χ2n) is 4.46. The van der Waals surface area contributed by atoms with Gasteiger partial charge >= 0.3 is 6.18 Å². The molecule has 0 unspecified atom stereocenters. The van der Waals surface area contributed by atoms with E-state index >= 15 is 0 Å². The van der Waals surface area contributed by atoms with E-state index in [1.807, 2.05) is 0 Å². The number of carboxylic acid groups (broad SMARTS) is 1. The molecule has 1 rings (SSSR count). The number of benzene rings is 1. The zero-order chi connectivity index (χ0) is 17.0. The van der Waals surface area contributed by atoms with Gasteiger partial charge in [-0.15, -0.1) is 0 Å². The molecule has 1 atom stereocenters. The lowest BCUT2D eigenvalue weighted by Crippen LogP contribution is -2.37. The van der Waals surface area contributed by atoms with Crippen LogP contribution in [-0.4, -0.2) is 27.1 Å². The summed E-state index contributed by atoms with van der Waals surface area (Å²) in [6, 6.07) is 3.51. The lowest BCUT2D eigenvalue weighted by molar-refractivity contribution is -0.306. The molecule has 0 radical (unpaired) electrons. The number of sulfonamides is 1. The van der Waals surface area contributed by atoms with Crippen LogP contribution in [0.25, 0.3) is 0 Å². The quantitative estimate of drug-likeness (QED) is 0.743. The third kappa shape index (κ3) is 5.60. The van der Waals surface area contributed by atoms with E-state index in [0.717, 1.165) is 24.3 Å². The lowest BCUT2D eigenvalue weighted by atomic mass is 10.0. The molecule has 0 amide bonds. The Morgan fingerprint density at radius 2 is 1.77 bits per heavy atom. The third-order valence-electron chi connectivity index (χ3n) is 2.80. The molecule has 0 aliphatic rings. The maximum absolute atomic E-state index is 12.7. The van der Waals surface area contributed by atoms with Gasteiger partial charge in [0.05, 0.1) is 10.8 Å². The van der Waals surface area contributed by atoms with E-state index in [1.54, 1.807) is 4.72 Å². The topological polar surface area (TPSA) is 86.3 Å². The molecule has 0 heterocycles. The standard InChI is InChI=1S/C12H13F4NO4S/c13-9-2-4-10(5-3-9)22(20,21)17-7-8(12(14,15)16)1-6-11(18)19/h2-5,8,17H,1,6-7H2,(H,18,19)/p-1/t8-/m0/s1. The molecule has 0 aliphatic carbocycles. The molecule has 0 aliphatic heterocycles. The Kier molecular flexibility index (Phi) is 5.89. The lowest BCUT2D eigenvalue weighted by Gasteiger charge is -2.20. The molecule has 10 heteroatoms. The maximum atomic E-state index is 12.7. The van der Waals surface area contributed by atoms with Crippen molar-refractivity contribution in [1.29, 1.82) is 0 Å². The van der Waals surface area contributed by atoms with Gasteiger partial charge in [-0.2, -0.15) is 13.2 Å². The van der Waals surface area contributed by atoms with Gasteiger partial charge < -0.3 is 9.90 Å². The number of nitrogens with one attached hydrogen (secondary N) is 1. The van der Waals surface area contributed by atoms with Crippen LogP contribution in [-0.2, 0) is 14.8 Å². The van der Waals surface area contributed by atoms with Gasteiger partial charge in [0.25, 0.3) is 0 Å². The molecule has 0 fully saturated rings. The van der Waals surface area contributed by atoms with Crippen LogP contribution in [0.2, 0.25) is 0 Å². The van der Waals surface area contributed by atoms with Crippen molar-refractivity contribution in [3.8, 4) is 0 Å². The number of hydrogen-bond donors (Lipinski definition) is 1. The maximum Gasteiger partial charge on any atom is 0.393 e. The second-order valence-corrected chi connectivity index (χ2v) is 6.22. The second kappa shape index (κ2) is 7.05. The van der Waals surface area contributed by atoms with Crippen molar-refractivity contribution in [2.45, 2.75) is 23.9 Å². The molecule has 0 saturated carbocycles. The van der Waals surface area contributed by atoms with Crippen molar-refractivity contribution in [3.63, 3.8) is 0 Å². The van der Waals surface area contributed by atoms with E-state index in [0.29, 0.717) is 0 Å². The normalized spacial score (nSPS) is 13.8. The van der Waals surface area contributed by atoms with Gasteiger partial charge in [0.15, 0.2) is 0 Å². The van der Waals surface area contributed by atoms with Crippen molar-refractivity contribution in [2.75, 3.05) is 6.54 Å². The first-order valence-corrected chi connectivity index (χ1v) is 7.52. The molecule has 0 aromatic heterocycles. The van der Waals surface area contributed by atoms with Gasteiger partial charge in [-0.3, -0.25) is 0 Å². The SMILES string of the molecule is O=C([O-])CC[C@@H](CNS(=O)(=O)c1ccc(F)cc1)C(F)(F)F. The van der Waals surface area contributed by atoms with E-state index < -0.39 is 58.2 Å². The fraction of sp³-hybridized carbons (Fsp3) is 0.417. The van der Waals surface area contributed by atoms with Crippen molar-refractivity contribution < 1.29 is 35.9 Å². The molecule has 124 valence electrons. The summed E-state index contributed by atoms with van der Waals surface area (Å²) in [5.41, 5.74) is 0. The number of hydrogen-bond acceptors (Lipinski definition) is 4. The number of carbonyl (C=O) groups excluding carboxylic acids is 1. The van der Waals surface area contributed by atoms with Crippen molar-refractivity contribution >= 4 is 16.0 Å². The third-order valence-corrected chi connectivity index (χ3v) is 4.24. The van der Waals surface area contributed by atoms with Crippen molar-refractivity contribution in [3.05, 3.63) is 30.1 Å². The molecule has 5 nitrogen and oxygen atoms in total. The molecule has 0 spiro atoms. The van der Waals surface area contributed by atoms with E-state index in [2.05, 4.69) is 0 Å². The van der Waals surface area contributed by atoms with Gasteiger partial charge in [-0.25, -0.2) is 17.5 Å². The van der Waals surface area contributed by atoms with Crippen LogP contribution in [0.1, 0.15) is 12.8 Å². The first-order chi connectivity index (χ1) is 10.0. The van der Waals surface area contributed by atoms with Crippen LogP contribution in [0.15, 0.2) is 29.2 Å². The first-order valence-electron chi connectivity index (χ1n) is 6.04. The summed E-state index contributed by atoms with van der Waals surface area (Å²) >= 11 is 0. The van der Waals surface area contributed by atoms with E-state index in [9.17, 15) is 35.9 Å². The molecule has 22 heavy (non-hydrogen) atoms. The highest BCUT2D eigenvalue weighted by Crippen LogP contribution is 2.29. The summed E-state index contributed by atoms with van der Waals surface area (Å²) in [6.07, 6.45) is -6.42. The predicted octanol–water partition coefficient (Wildman–Crippen LogP) is 0.813. The smallest absolute Gasteiger partial charge is 0.393 e. The minimum atomic E-state index is -4.76. The minimum absolute atomic E-state index is 0.394. The molecule has 1 aromatic carbocycles. The van der Waals surface area contributed by atoms with Gasteiger partial charge in [-0.1, -0.05) is 0 Å². The van der Waals surface area contributed by atoms with Gasteiger partial charge in [-0.05, 0) is 37.1 Å². The zero-order valence-electron chi connectivity index (χ0n) is 11.1. The van der Waals surface area contributed by atoms with Crippen molar-refractivity contribution in [2.24, 2.45) is 5.92 Å². The van der Waals surface area contributed by atoms with Crippen LogP contribution >= 0.6 is 0 Å². The van der Waals surface area contributed by atoms with E-state index in [-0.39, 0.29) is 0 Å². The summed E-state index contributed by atoms with van der Waals surface area (Å²) in [4.78, 5) is 9.84. The molecular weight excluding hydrogens is 330 g/mol. The van der Waals surface area contributed by atoms with E-state index in [1.165, 1.54) is 0 Å². The Morgan fingerprint density at radius 3 is 2.23 bits per heavy atom. The minimum Gasteiger partial charge on any atom is -0.550 e. The zero-order valence-corrected chi connectivity index (χ0v) is 11.9. The molecule has 0 bridgehead atoms. The van der Waals surface area contributed by atoms with Crippen LogP contribution < -0.4 is 9.83 Å². The molecular formula is C12H12F4NO4S-. The molecule has 1 aromatic rings. The highest BCUT2D eigenvalue weighted by Gasteiger charge is 2.39.